The number of fused-ring (bicyclic) bond motifs is 8. The Hall–Kier alpha value is -7.94. The highest BCUT2D eigenvalue weighted by Crippen LogP contribution is 2.53. The van der Waals surface area contributed by atoms with E-state index in [1.165, 1.54) is 99.7 Å². The Bertz CT molecular complexity index is 3390. The van der Waals surface area contributed by atoms with Crippen LogP contribution in [0.4, 0.5) is 34.1 Å². The zero-order valence-corrected chi connectivity index (χ0v) is 39.7. The van der Waals surface area contributed by atoms with Crippen LogP contribution >= 0.6 is 0 Å². The molecule has 0 amide bonds. The van der Waals surface area contributed by atoms with Crippen molar-refractivity contribution < 1.29 is 0 Å². The third kappa shape index (κ3) is 6.77. The fourth-order valence-corrected chi connectivity index (χ4v) is 11.2. The highest BCUT2D eigenvalue weighted by molar-refractivity contribution is 6.01. The van der Waals surface area contributed by atoms with E-state index in [4.69, 9.17) is 0 Å². The van der Waals surface area contributed by atoms with Gasteiger partial charge in [-0.3, -0.25) is 0 Å². The molecule has 0 bridgehead atoms. The maximum absolute atomic E-state index is 2.43. The average Bonchev–Trinajstić information content (AvgIpc) is 3.72. The summed E-state index contributed by atoms with van der Waals surface area (Å²) in [5, 5.41) is 4.94. The lowest BCUT2D eigenvalue weighted by molar-refractivity contribution is 0.660. The molecular formula is C66H54N2. The van der Waals surface area contributed by atoms with Gasteiger partial charge in [-0.05, 0) is 141 Å². The molecule has 0 heterocycles. The largest absolute Gasteiger partial charge is 0.310 e. The summed E-state index contributed by atoms with van der Waals surface area (Å²) in [6, 6.07) is 76.7. The predicted molar refractivity (Wildman–Crippen MR) is 291 cm³/mol. The molecule has 12 rings (SSSR count). The van der Waals surface area contributed by atoms with Crippen molar-refractivity contribution >= 4 is 67.8 Å². The van der Waals surface area contributed by atoms with Crippen molar-refractivity contribution in [3.05, 3.63) is 251 Å². The molecule has 10 aromatic carbocycles. The summed E-state index contributed by atoms with van der Waals surface area (Å²) in [5.74, 6) is 0. The fraction of sp³-hybridized carbons (Fsp3) is 0.121. The number of nitrogens with zero attached hydrogens (tertiary/aromatic N) is 2. The number of aryl methyl sites for hydroxylation is 2. The van der Waals surface area contributed by atoms with Gasteiger partial charge in [0.1, 0.15) is 0 Å². The first-order chi connectivity index (χ1) is 33.0. The van der Waals surface area contributed by atoms with Crippen molar-refractivity contribution in [1.82, 2.24) is 0 Å². The van der Waals surface area contributed by atoms with Gasteiger partial charge in [0.05, 0.1) is 11.4 Å². The third-order valence-electron chi connectivity index (χ3n) is 15.0. The number of hydrogen-bond donors (Lipinski definition) is 0. The number of hydrogen-bond acceptors (Lipinski definition) is 2. The molecule has 10 aromatic rings. The van der Waals surface area contributed by atoms with Crippen LogP contribution in [-0.2, 0) is 10.8 Å². The molecule has 328 valence electrons. The molecule has 0 N–H and O–H groups in total. The van der Waals surface area contributed by atoms with Crippen LogP contribution in [-0.4, -0.2) is 0 Å². The first kappa shape index (κ1) is 41.5. The SMILES string of the molecule is Cc1ccc(N(c2ccc3c(c2)C(C)(C)c2cc(/C=C/c4ccc5c(c4)C(C)(C)c4cc(N(c6ccc(C)cc6)c6cccc7ccccc67)ccc4-5)ccc2-3)c2cccc3ccccc23)cc1. The lowest BCUT2D eigenvalue weighted by atomic mass is 9.81. The summed E-state index contributed by atoms with van der Waals surface area (Å²) in [7, 11) is 0. The molecule has 0 fully saturated rings. The van der Waals surface area contributed by atoms with Gasteiger partial charge in [-0.1, -0.05) is 197 Å². The molecule has 0 radical (unpaired) electrons. The zero-order valence-electron chi connectivity index (χ0n) is 39.7. The van der Waals surface area contributed by atoms with Crippen LogP contribution in [0.15, 0.2) is 206 Å². The van der Waals surface area contributed by atoms with Crippen molar-refractivity contribution in [3.63, 3.8) is 0 Å². The van der Waals surface area contributed by atoms with Gasteiger partial charge in [0.2, 0.25) is 0 Å². The van der Waals surface area contributed by atoms with Crippen molar-refractivity contribution in [1.29, 1.82) is 0 Å². The monoisotopic (exact) mass is 874 g/mol. The Kier molecular flexibility index (Phi) is 9.67. The summed E-state index contributed by atoms with van der Waals surface area (Å²) in [6.07, 6.45) is 4.59. The van der Waals surface area contributed by atoms with E-state index < -0.39 is 0 Å². The second-order valence-corrected chi connectivity index (χ2v) is 20.0. The molecular weight excluding hydrogens is 821 g/mol. The molecule has 0 saturated heterocycles. The number of anilines is 6. The van der Waals surface area contributed by atoms with Crippen LogP contribution in [0.1, 0.15) is 72.2 Å². The van der Waals surface area contributed by atoms with Crippen molar-refractivity contribution in [3.8, 4) is 22.3 Å². The minimum atomic E-state index is -0.187. The van der Waals surface area contributed by atoms with Crippen LogP contribution in [0.25, 0.3) is 56.0 Å². The van der Waals surface area contributed by atoms with Crippen LogP contribution in [0.3, 0.4) is 0 Å². The Labute approximate surface area is 401 Å². The number of benzene rings is 10. The highest BCUT2D eigenvalue weighted by atomic mass is 15.1. The Balaban J connectivity index is 0.855. The molecule has 68 heavy (non-hydrogen) atoms. The summed E-state index contributed by atoms with van der Waals surface area (Å²) in [6.45, 7) is 13.8. The standard InChI is InChI=1S/C66H54N2/c1-43-21-29-49(30-22-43)67(63-19-11-15-47-13-7-9-17-53(47)63)51-33-37-57-55-35-27-45(39-59(55)65(3,4)61(57)41-51)25-26-46-28-36-56-58-38-34-52(42-62(58)66(5,6)60(56)40-46)68(50-31-23-44(2)24-32-50)64-20-12-16-48-14-8-10-18-54(48)64/h7-42H,1-6H3/b26-25+. The predicted octanol–water partition coefficient (Wildman–Crippen LogP) is 18.3. The van der Waals surface area contributed by atoms with E-state index in [1.807, 2.05) is 0 Å². The van der Waals surface area contributed by atoms with Crippen LogP contribution < -0.4 is 9.80 Å². The van der Waals surface area contributed by atoms with E-state index in [2.05, 4.69) is 270 Å². The summed E-state index contributed by atoms with van der Waals surface area (Å²) >= 11 is 0. The molecule has 0 unspecified atom stereocenters. The molecule has 0 aliphatic heterocycles. The van der Waals surface area contributed by atoms with Crippen LogP contribution in [0, 0.1) is 13.8 Å². The van der Waals surface area contributed by atoms with Crippen LogP contribution in [0.2, 0.25) is 0 Å². The van der Waals surface area contributed by atoms with E-state index in [0.717, 1.165) is 22.7 Å². The topological polar surface area (TPSA) is 6.48 Å². The van der Waals surface area contributed by atoms with Gasteiger partial charge < -0.3 is 9.80 Å². The van der Waals surface area contributed by atoms with E-state index >= 15 is 0 Å². The van der Waals surface area contributed by atoms with Crippen molar-refractivity contribution in [2.45, 2.75) is 52.4 Å². The fourth-order valence-electron chi connectivity index (χ4n) is 11.2. The van der Waals surface area contributed by atoms with Crippen LogP contribution in [0.5, 0.6) is 0 Å². The summed E-state index contributed by atoms with van der Waals surface area (Å²) < 4.78 is 0. The van der Waals surface area contributed by atoms with E-state index in [9.17, 15) is 0 Å². The lowest BCUT2D eigenvalue weighted by Crippen LogP contribution is -2.17. The molecule has 0 atom stereocenters. The Morgan fingerprint density at radius 1 is 0.324 bits per heavy atom. The molecule has 2 nitrogen and oxygen atoms in total. The molecule has 0 aromatic heterocycles. The average molecular weight is 875 g/mol. The summed E-state index contributed by atoms with van der Waals surface area (Å²) in [5.41, 5.74) is 22.2. The molecule has 2 heteroatoms. The Morgan fingerprint density at radius 3 is 1.07 bits per heavy atom. The van der Waals surface area contributed by atoms with E-state index in [1.54, 1.807) is 0 Å². The van der Waals surface area contributed by atoms with Gasteiger partial charge in [-0.15, -0.1) is 0 Å². The van der Waals surface area contributed by atoms with E-state index in [0.29, 0.717) is 0 Å². The first-order valence-electron chi connectivity index (χ1n) is 24.0. The number of rotatable bonds is 8. The maximum Gasteiger partial charge on any atom is 0.0540 e. The molecule has 0 saturated carbocycles. The van der Waals surface area contributed by atoms with Crippen molar-refractivity contribution in [2.75, 3.05) is 9.80 Å². The van der Waals surface area contributed by atoms with E-state index in [-0.39, 0.29) is 10.8 Å². The lowest BCUT2D eigenvalue weighted by Gasteiger charge is -2.29. The molecule has 2 aliphatic carbocycles. The smallest absolute Gasteiger partial charge is 0.0540 e. The van der Waals surface area contributed by atoms with Gasteiger partial charge in [0.15, 0.2) is 0 Å². The minimum Gasteiger partial charge on any atom is -0.310 e. The molecule has 2 aliphatic rings. The minimum absolute atomic E-state index is 0.187. The quantitative estimate of drug-likeness (QED) is 0.140. The van der Waals surface area contributed by atoms with Gasteiger partial charge >= 0.3 is 0 Å². The highest BCUT2D eigenvalue weighted by Gasteiger charge is 2.38. The zero-order chi connectivity index (χ0) is 46.3. The second-order valence-electron chi connectivity index (χ2n) is 20.0. The maximum atomic E-state index is 2.43. The summed E-state index contributed by atoms with van der Waals surface area (Å²) in [4.78, 5) is 4.86. The Morgan fingerprint density at radius 2 is 0.662 bits per heavy atom. The van der Waals surface area contributed by atoms with Gasteiger partial charge in [0, 0.05) is 44.4 Å². The normalized spacial score (nSPS) is 13.9. The van der Waals surface area contributed by atoms with Gasteiger partial charge in [-0.25, -0.2) is 0 Å². The van der Waals surface area contributed by atoms with Gasteiger partial charge in [0.25, 0.3) is 0 Å². The molecule has 0 spiro atoms. The first-order valence-corrected chi connectivity index (χ1v) is 24.0. The third-order valence-corrected chi connectivity index (χ3v) is 15.0. The van der Waals surface area contributed by atoms with Gasteiger partial charge in [-0.2, -0.15) is 0 Å². The van der Waals surface area contributed by atoms with Crippen molar-refractivity contribution in [2.24, 2.45) is 0 Å². The second kappa shape index (κ2) is 15.9.